The number of hydrogen-bond acceptors (Lipinski definition) is 3. The van der Waals surface area contributed by atoms with Gasteiger partial charge in [0.2, 0.25) is 5.91 Å². The molecule has 2 unspecified atom stereocenters. The van der Waals surface area contributed by atoms with Crippen LogP contribution < -0.4 is 11.3 Å². The third-order valence-electron chi connectivity index (χ3n) is 3.53. The van der Waals surface area contributed by atoms with E-state index in [1.807, 2.05) is 0 Å². The van der Waals surface area contributed by atoms with Gasteiger partial charge >= 0.3 is 0 Å². The molecule has 1 aliphatic carbocycles. The van der Waals surface area contributed by atoms with E-state index in [4.69, 9.17) is 5.84 Å². The number of hydrogen-bond donors (Lipinski definition) is 2. The van der Waals surface area contributed by atoms with E-state index in [2.05, 4.69) is 10.3 Å². The minimum atomic E-state index is -0.0469. The minimum absolute atomic E-state index is 0.0469. The second-order valence-corrected chi connectivity index (χ2v) is 4.50. The highest BCUT2D eigenvalue weighted by atomic mass is 16.2. The Morgan fingerprint density at radius 1 is 1.50 bits per heavy atom. The number of likely N-dealkylation sites (tertiary alicyclic amines) is 1. The molecule has 1 saturated heterocycles. The van der Waals surface area contributed by atoms with Gasteiger partial charge in [0, 0.05) is 19.0 Å². The lowest BCUT2D eigenvalue weighted by atomic mass is 10.1. The van der Waals surface area contributed by atoms with Crippen molar-refractivity contribution in [3.63, 3.8) is 0 Å². The van der Waals surface area contributed by atoms with E-state index in [0.717, 1.165) is 24.9 Å². The van der Waals surface area contributed by atoms with Gasteiger partial charge in [-0.25, -0.2) is 5.84 Å². The number of nitrogens with one attached hydrogen (secondary N) is 1. The summed E-state index contributed by atoms with van der Waals surface area (Å²) in [5.41, 5.74) is 2.17. The van der Waals surface area contributed by atoms with Crippen LogP contribution in [0, 0.1) is 5.92 Å². The summed E-state index contributed by atoms with van der Waals surface area (Å²) in [6.07, 6.45) is 5.68. The maximum absolute atomic E-state index is 10.9. The van der Waals surface area contributed by atoms with E-state index in [-0.39, 0.29) is 5.91 Å². The van der Waals surface area contributed by atoms with Crippen molar-refractivity contribution in [2.45, 2.75) is 38.1 Å². The number of nitrogens with two attached hydrogens (primary N) is 1. The molecule has 2 bridgehead atoms. The highest BCUT2D eigenvalue weighted by Gasteiger charge is 2.36. The number of piperidine rings is 1. The van der Waals surface area contributed by atoms with Gasteiger partial charge < -0.3 is 4.90 Å². The number of nitrogens with zero attached hydrogens (tertiary/aromatic N) is 1. The zero-order chi connectivity index (χ0) is 9.97. The summed E-state index contributed by atoms with van der Waals surface area (Å²) < 4.78 is 0. The molecule has 2 fully saturated rings. The normalized spacial score (nSPS) is 30.9. The first-order chi connectivity index (χ1) is 6.79. The molecule has 2 rings (SSSR count). The van der Waals surface area contributed by atoms with E-state index in [0.29, 0.717) is 6.42 Å². The van der Waals surface area contributed by atoms with Crippen LogP contribution in [0.3, 0.4) is 0 Å². The van der Waals surface area contributed by atoms with Gasteiger partial charge in [-0.05, 0) is 38.1 Å². The fourth-order valence-corrected chi connectivity index (χ4v) is 2.82. The summed E-state index contributed by atoms with van der Waals surface area (Å²) in [7, 11) is 0. The Bertz CT molecular complexity index is 219. The quantitative estimate of drug-likeness (QED) is 0.385. The molecule has 1 aliphatic heterocycles. The molecule has 0 aromatic heterocycles. The maximum atomic E-state index is 10.9. The molecule has 4 heteroatoms. The molecule has 1 heterocycles. The third kappa shape index (κ3) is 2.07. The first kappa shape index (κ1) is 9.93. The summed E-state index contributed by atoms with van der Waals surface area (Å²) in [5, 5.41) is 0. The molecule has 80 valence electrons. The molecule has 2 atom stereocenters. The Balaban J connectivity index is 1.64. The Labute approximate surface area is 84.8 Å². The van der Waals surface area contributed by atoms with Crippen molar-refractivity contribution in [1.82, 2.24) is 10.3 Å². The van der Waals surface area contributed by atoms with Gasteiger partial charge in [-0.2, -0.15) is 0 Å². The van der Waals surface area contributed by atoms with E-state index in [1.54, 1.807) is 0 Å². The Morgan fingerprint density at radius 2 is 2.36 bits per heavy atom. The maximum Gasteiger partial charge on any atom is 0.233 e. The molecule has 1 amide bonds. The molecule has 0 aromatic rings. The van der Waals surface area contributed by atoms with Crippen molar-refractivity contribution < 1.29 is 4.79 Å². The molecule has 4 nitrogen and oxygen atoms in total. The standard InChI is InChI=1S/C10H19N3O/c11-12-10(14)2-1-5-13-7-8-3-4-9(13)6-8/h8-9H,1-7,11H2,(H,12,14). The van der Waals surface area contributed by atoms with Gasteiger partial charge in [-0.1, -0.05) is 0 Å². The fraction of sp³-hybridized carbons (Fsp3) is 0.900. The topological polar surface area (TPSA) is 58.4 Å². The smallest absolute Gasteiger partial charge is 0.233 e. The second-order valence-electron chi connectivity index (χ2n) is 4.50. The summed E-state index contributed by atoms with van der Waals surface area (Å²) in [6.45, 7) is 2.32. The van der Waals surface area contributed by atoms with Crippen molar-refractivity contribution in [3.05, 3.63) is 0 Å². The lowest BCUT2D eigenvalue weighted by Gasteiger charge is -2.26. The highest BCUT2D eigenvalue weighted by Crippen LogP contribution is 2.37. The largest absolute Gasteiger partial charge is 0.300 e. The van der Waals surface area contributed by atoms with Gasteiger partial charge in [0.25, 0.3) is 0 Å². The summed E-state index contributed by atoms with van der Waals surface area (Å²) in [6, 6.07) is 0.820. The second kappa shape index (κ2) is 4.28. The Kier molecular flexibility index (Phi) is 3.03. The minimum Gasteiger partial charge on any atom is -0.300 e. The Morgan fingerprint density at radius 3 is 2.93 bits per heavy atom. The van der Waals surface area contributed by atoms with Crippen molar-refractivity contribution in [2.75, 3.05) is 13.1 Å². The van der Waals surface area contributed by atoms with Crippen LogP contribution in [0.1, 0.15) is 32.1 Å². The number of rotatable bonds is 4. The van der Waals surface area contributed by atoms with Gasteiger partial charge in [0.1, 0.15) is 0 Å². The number of carbonyl (C=O) groups is 1. The molecule has 2 aliphatic rings. The van der Waals surface area contributed by atoms with Crippen LogP contribution in [0.2, 0.25) is 0 Å². The highest BCUT2D eigenvalue weighted by molar-refractivity contribution is 5.75. The van der Waals surface area contributed by atoms with E-state index < -0.39 is 0 Å². The first-order valence-electron chi connectivity index (χ1n) is 5.53. The third-order valence-corrected chi connectivity index (χ3v) is 3.53. The number of fused-ring (bicyclic) bond motifs is 2. The average Bonchev–Trinajstić information content (AvgIpc) is 2.79. The lowest BCUT2D eigenvalue weighted by Crippen LogP contribution is -2.34. The predicted molar refractivity (Wildman–Crippen MR) is 54.3 cm³/mol. The van der Waals surface area contributed by atoms with Gasteiger partial charge in [0.05, 0.1) is 0 Å². The SMILES string of the molecule is NNC(=O)CCCN1CC2CCC1C2. The molecule has 3 N–H and O–H groups in total. The molecule has 1 saturated carbocycles. The van der Waals surface area contributed by atoms with E-state index >= 15 is 0 Å². The molecular weight excluding hydrogens is 178 g/mol. The number of amides is 1. The van der Waals surface area contributed by atoms with Gasteiger partial charge in [-0.3, -0.25) is 10.2 Å². The van der Waals surface area contributed by atoms with Crippen molar-refractivity contribution >= 4 is 5.91 Å². The van der Waals surface area contributed by atoms with Crippen LogP contribution in [-0.4, -0.2) is 29.9 Å². The van der Waals surface area contributed by atoms with Crippen LogP contribution >= 0.6 is 0 Å². The van der Waals surface area contributed by atoms with E-state index in [1.165, 1.54) is 25.8 Å². The summed E-state index contributed by atoms with van der Waals surface area (Å²) in [5.74, 6) is 5.91. The first-order valence-corrected chi connectivity index (χ1v) is 5.53. The predicted octanol–water partition coefficient (Wildman–Crippen LogP) is 0.241. The summed E-state index contributed by atoms with van der Waals surface area (Å²) in [4.78, 5) is 13.4. The fourth-order valence-electron chi connectivity index (χ4n) is 2.82. The van der Waals surface area contributed by atoms with Crippen LogP contribution in [0.15, 0.2) is 0 Å². The monoisotopic (exact) mass is 197 g/mol. The summed E-state index contributed by atoms with van der Waals surface area (Å²) >= 11 is 0. The van der Waals surface area contributed by atoms with Crippen LogP contribution in [0.5, 0.6) is 0 Å². The van der Waals surface area contributed by atoms with Crippen molar-refractivity contribution in [2.24, 2.45) is 11.8 Å². The lowest BCUT2D eigenvalue weighted by molar-refractivity contribution is -0.121. The number of carbonyl (C=O) groups excluding carboxylic acids is 1. The Hall–Kier alpha value is -0.610. The molecular formula is C10H19N3O. The zero-order valence-corrected chi connectivity index (χ0v) is 8.54. The zero-order valence-electron chi connectivity index (χ0n) is 8.54. The van der Waals surface area contributed by atoms with Crippen molar-refractivity contribution in [3.8, 4) is 0 Å². The molecule has 0 radical (unpaired) electrons. The van der Waals surface area contributed by atoms with Crippen LogP contribution in [-0.2, 0) is 4.79 Å². The average molecular weight is 197 g/mol. The van der Waals surface area contributed by atoms with Crippen LogP contribution in [0.25, 0.3) is 0 Å². The number of hydrazine groups is 1. The van der Waals surface area contributed by atoms with Crippen LogP contribution in [0.4, 0.5) is 0 Å². The van der Waals surface area contributed by atoms with Gasteiger partial charge in [0.15, 0.2) is 0 Å². The molecule has 0 aromatic carbocycles. The van der Waals surface area contributed by atoms with E-state index in [9.17, 15) is 4.79 Å². The molecule has 0 spiro atoms. The van der Waals surface area contributed by atoms with Gasteiger partial charge in [-0.15, -0.1) is 0 Å². The molecule has 14 heavy (non-hydrogen) atoms. The van der Waals surface area contributed by atoms with Crippen molar-refractivity contribution in [1.29, 1.82) is 0 Å².